The van der Waals surface area contributed by atoms with Crippen molar-refractivity contribution in [3.63, 3.8) is 0 Å². The van der Waals surface area contributed by atoms with Gasteiger partial charge in [-0.15, -0.1) is 0 Å². The van der Waals surface area contributed by atoms with Gasteiger partial charge in [-0.1, -0.05) is 11.6 Å². The van der Waals surface area contributed by atoms with Crippen LogP contribution >= 0.6 is 11.6 Å². The summed E-state index contributed by atoms with van der Waals surface area (Å²) in [5.41, 5.74) is -0.504. The number of H-pyrrole nitrogens is 1. The maximum absolute atomic E-state index is 12.2. The Morgan fingerprint density at radius 1 is 1.45 bits per heavy atom. The molecule has 1 aliphatic rings. The molecule has 2 heterocycles. The lowest BCUT2D eigenvalue weighted by Gasteiger charge is -2.21. The topological polar surface area (TPSA) is 82.3 Å². The summed E-state index contributed by atoms with van der Waals surface area (Å²) in [5.74, 6) is 0. The second-order valence-corrected chi connectivity index (χ2v) is 7.16. The van der Waals surface area contributed by atoms with Crippen LogP contribution in [0.1, 0.15) is 19.8 Å². The lowest BCUT2D eigenvalue weighted by atomic mass is 10.3. The first-order chi connectivity index (χ1) is 9.38. The highest BCUT2D eigenvalue weighted by atomic mass is 35.5. The Bertz CT molecular complexity index is 623. The second kappa shape index (κ2) is 6.26. The molecule has 0 radical (unpaired) electrons. The zero-order valence-corrected chi connectivity index (χ0v) is 12.8. The number of nitrogens with one attached hydrogen (secondary N) is 2. The lowest BCUT2D eigenvalue weighted by Crippen LogP contribution is -2.41. The van der Waals surface area contributed by atoms with Crippen molar-refractivity contribution >= 4 is 21.6 Å². The van der Waals surface area contributed by atoms with E-state index in [0.717, 1.165) is 38.2 Å². The van der Waals surface area contributed by atoms with Crippen molar-refractivity contribution in [2.75, 3.05) is 19.6 Å². The summed E-state index contributed by atoms with van der Waals surface area (Å²) in [6.45, 7) is 4.52. The molecule has 0 aliphatic carbocycles. The summed E-state index contributed by atoms with van der Waals surface area (Å²) in [6.07, 6.45) is 3.48. The van der Waals surface area contributed by atoms with Crippen LogP contribution in [0.4, 0.5) is 0 Å². The van der Waals surface area contributed by atoms with E-state index in [4.69, 9.17) is 11.6 Å². The average molecular weight is 320 g/mol. The Morgan fingerprint density at radius 3 is 2.70 bits per heavy atom. The number of halogens is 1. The van der Waals surface area contributed by atoms with E-state index in [-0.39, 0.29) is 16.0 Å². The Morgan fingerprint density at radius 2 is 2.10 bits per heavy atom. The molecule has 1 unspecified atom stereocenters. The number of aromatic amines is 1. The van der Waals surface area contributed by atoms with Gasteiger partial charge < -0.3 is 9.88 Å². The van der Waals surface area contributed by atoms with Crippen LogP contribution in [-0.2, 0) is 10.0 Å². The molecule has 20 heavy (non-hydrogen) atoms. The third-order valence-electron chi connectivity index (χ3n) is 3.23. The van der Waals surface area contributed by atoms with E-state index in [1.165, 1.54) is 0 Å². The molecule has 1 aromatic heterocycles. The highest BCUT2D eigenvalue weighted by Gasteiger charge is 2.21. The van der Waals surface area contributed by atoms with E-state index in [0.29, 0.717) is 6.54 Å². The predicted octanol–water partition coefficient (Wildman–Crippen LogP) is 0.791. The molecule has 1 aromatic rings. The van der Waals surface area contributed by atoms with Gasteiger partial charge in [-0.2, -0.15) is 0 Å². The minimum absolute atomic E-state index is 0.0321. The minimum atomic E-state index is -3.67. The van der Waals surface area contributed by atoms with Gasteiger partial charge in [0.15, 0.2) is 0 Å². The maximum Gasteiger partial charge on any atom is 0.266 e. The SMILES string of the molecule is CC(CN1CCCC1)NS(=O)(=O)c1c[nH]c(=O)c(Cl)c1. The zero-order chi connectivity index (χ0) is 14.8. The minimum Gasteiger partial charge on any atom is -0.326 e. The second-order valence-electron chi connectivity index (χ2n) is 5.04. The maximum atomic E-state index is 12.2. The normalized spacial score (nSPS) is 18.3. The molecule has 0 aromatic carbocycles. The Labute approximate surface area is 123 Å². The molecular weight excluding hydrogens is 302 g/mol. The number of hydrogen-bond acceptors (Lipinski definition) is 4. The first-order valence-corrected chi connectivity index (χ1v) is 8.37. The van der Waals surface area contributed by atoms with Crippen molar-refractivity contribution in [2.45, 2.75) is 30.7 Å². The number of rotatable bonds is 5. The molecule has 2 N–H and O–H groups in total. The highest BCUT2D eigenvalue weighted by Crippen LogP contribution is 2.12. The molecule has 6 nitrogen and oxygen atoms in total. The van der Waals surface area contributed by atoms with E-state index in [9.17, 15) is 13.2 Å². The van der Waals surface area contributed by atoms with Crippen LogP contribution < -0.4 is 10.3 Å². The Hall–Kier alpha value is -0.890. The standard InChI is InChI=1S/C12H18ClN3O3S/c1-9(8-16-4-2-3-5-16)15-20(18,19)10-6-11(13)12(17)14-7-10/h6-7,9,15H,2-5,8H2,1H3,(H,14,17). The fourth-order valence-electron chi connectivity index (χ4n) is 2.32. The van der Waals surface area contributed by atoms with Crippen LogP contribution in [0.15, 0.2) is 22.0 Å². The first kappa shape index (κ1) is 15.5. The van der Waals surface area contributed by atoms with Crippen LogP contribution in [0.25, 0.3) is 0 Å². The van der Waals surface area contributed by atoms with Gasteiger partial charge in [0.1, 0.15) is 5.02 Å². The van der Waals surface area contributed by atoms with Gasteiger partial charge >= 0.3 is 0 Å². The van der Waals surface area contributed by atoms with Crippen LogP contribution in [0, 0.1) is 0 Å². The number of pyridine rings is 1. The lowest BCUT2D eigenvalue weighted by molar-refractivity contribution is 0.313. The zero-order valence-electron chi connectivity index (χ0n) is 11.2. The van der Waals surface area contributed by atoms with Crippen LogP contribution in [0.3, 0.4) is 0 Å². The molecule has 112 valence electrons. The van der Waals surface area contributed by atoms with Gasteiger partial charge in [-0.25, -0.2) is 13.1 Å². The summed E-state index contributed by atoms with van der Waals surface area (Å²) in [6, 6.07) is 0.953. The third-order valence-corrected chi connectivity index (χ3v) is 5.08. The van der Waals surface area contributed by atoms with Gasteiger partial charge in [-0.05, 0) is 38.9 Å². The summed E-state index contributed by atoms with van der Waals surface area (Å²) in [5, 5.41) is -0.139. The molecule has 1 atom stereocenters. The Balaban J connectivity index is 2.05. The average Bonchev–Trinajstić information content (AvgIpc) is 2.84. The van der Waals surface area contributed by atoms with Gasteiger partial charge in [0.25, 0.3) is 5.56 Å². The molecule has 0 bridgehead atoms. The molecule has 1 fully saturated rings. The molecule has 2 rings (SSSR count). The molecule has 0 saturated carbocycles. The first-order valence-electron chi connectivity index (χ1n) is 6.51. The van der Waals surface area contributed by atoms with E-state index in [1.54, 1.807) is 0 Å². The number of sulfonamides is 1. The van der Waals surface area contributed by atoms with Crippen LogP contribution in [-0.4, -0.2) is 44.0 Å². The van der Waals surface area contributed by atoms with Crippen molar-refractivity contribution in [3.8, 4) is 0 Å². The van der Waals surface area contributed by atoms with Gasteiger partial charge in [0, 0.05) is 18.8 Å². The van der Waals surface area contributed by atoms with Crippen molar-refractivity contribution < 1.29 is 8.42 Å². The number of likely N-dealkylation sites (tertiary alicyclic amines) is 1. The summed E-state index contributed by atoms with van der Waals surface area (Å²) in [4.78, 5) is 15.6. The molecular formula is C12H18ClN3O3S. The molecule has 8 heteroatoms. The fourth-order valence-corrected chi connectivity index (χ4v) is 3.78. The molecule has 0 spiro atoms. The Kier molecular flexibility index (Phi) is 4.85. The van der Waals surface area contributed by atoms with Crippen molar-refractivity contribution in [1.82, 2.24) is 14.6 Å². The summed E-state index contributed by atoms with van der Waals surface area (Å²) >= 11 is 5.65. The van der Waals surface area contributed by atoms with Crippen molar-refractivity contribution in [3.05, 3.63) is 27.6 Å². The summed E-state index contributed by atoms with van der Waals surface area (Å²) < 4.78 is 26.9. The van der Waals surface area contributed by atoms with Crippen LogP contribution in [0.2, 0.25) is 5.02 Å². The molecule has 1 saturated heterocycles. The molecule has 1 aliphatic heterocycles. The van der Waals surface area contributed by atoms with Crippen LogP contribution in [0.5, 0.6) is 0 Å². The molecule has 0 amide bonds. The smallest absolute Gasteiger partial charge is 0.266 e. The van der Waals surface area contributed by atoms with Gasteiger partial charge in [-0.3, -0.25) is 4.79 Å². The summed E-state index contributed by atoms with van der Waals surface area (Å²) in [7, 11) is -3.67. The van der Waals surface area contributed by atoms with Crippen molar-refractivity contribution in [2.24, 2.45) is 0 Å². The van der Waals surface area contributed by atoms with Gasteiger partial charge in [0.05, 0.1) is 4.90 Å². The monoisotopic (exact) mass is 319 g/mol. The largest absolute Gasteiger partial charge is 0.326 e. The van der Waals surface area contributed by atoms with Gasteiger partial charge in [0.2, 0.25) is 10.0 Å². The van der Waals surface area contributed by atoms with E-state index in [2.05, 4.69) is 14.6 Å². The van der Waals surface area contributed by atoms with E-state index in [1.807, 2.05) is 6.92 Å². The fraction of sp³-hybridized carbons (Fsp3) is 0.583. The number of hydrogen-bond donors (Lipinski definition) is 2. The van der Waals surface area contributed by atoms with E-state index < -0.39 is 15.6 Å². The number of nitrogens with zero attached hydrogens (tertiary/aromatic N) is 1. The van der Waals surface area contributed by atoms with E-state index >= 15 is 0 Å². The van der Waals surface area contributed by atoms with Crippen molar-refractivity contribution in [1.29, 1.82) is 0 Å². The predicted molar refractivity (Wildman–Crippen MR) is 77.5 cm³/mol. The quantitative estimate of drug-likeness (QED) is 0.840. The highest BCUT2D eigenvalue weighted by molar-refractivity contribution is 7.89. The third kappa shape index (κ3) is 3.82. The number of aromatic nitrogens is 1.